The maximum atomic E-state index is 13.5. The monoisotopic (exact) mass is 710 g/mol. The molecule has 7 heteroatoms. The molecule has 0 aliphatic carbocycles. The second-order valence-electron chi connectivity index (χ2n) is 15.1. The van der Waals surface area contributed by atoms with E-state index in [-0.39, 0.29) is 48.9 Å². The number of ether oxygens (including phenoxy) is 2. The van der Waals surface area contributed by atoms with Crippen LogP contribution in [0.3, 0.4) is 0 Å². The van der Waals surface area contributed by atoms with Crippen LogP contribution >= 0.6 is 0 Å². The molecule has 2 N–H and O–H groups in total. The molecule has 3 unspecified atom stereocenters. The van der Waals surface area contributed by atoms with Gasteiger partial charge in [-0.05, 0) is 39.0 Å². The second kappa shape index (κ2) is 35.8. The van der Waals surface area contributed by atoms with Gasteiger partial charge in [0, 0.05) is 0 Å². The molecule has 0 aliphatic heterocycles. The molecule has 0 aromatic heterocycles. The number of carbonyl (C=O) groups excluding carboxylic acids is 3. The van der Waals surface area contributed by atoms with Crippen LogP contribution in [0.2, 0.25) is 0 Å². The summed E-state index contributed by atoms with van der Waals surface area (Å²) in [7, 11) is 0. The van der Waals surface area contributed by atoms with Crippen LogP contribution in [-0.2, 0) is 23.9 Å². The highest BCUT2D eigenvalue weighted by Crippen LogP contribution is 2.22. The van der Waals surface area contributed by atoms with Gasteiger partial charge in [0.2, 0.25) is 5.91 Å². The zero-order valence-corrected chi connectivity index (χ0v) is 34.2. The van der Waals surface area contributed by atoms with E-state index in [0.29, 0.717) is 19.5 Å². The van der Waals surface area contributed by atoms with Crippen molar-refractivity contribution >= 4 is 17.8 Å². The topological polar surface area (TPSA) is 89.5 Å². The van der Waals surface area contributed by atoms with E-state index in [2.05, 4.69) is 46.9 Å². The largest absolute Gasteiger partial charge is 0.464 e. The number of carbonyl (C=O) groups is 3. The smallest absolute Gasteiger partial charge is 0.308 e. The number of hydrogen-bond acceptors (Lipinski definition) is 5. The van der Waals surface area contributed by atoms with Crippen molar-refractivity contribution < 1.29 is 29.2 Å². The van der Waals surface area contributed by atoms with Crippen LogP contribution in [0.5, 0.6) is 0 Å². The predicted molar refractivity (Wildman–Crippen MR) is 210 cm³/mol. The lowest BCUT2D eigenvalue weighted by Crippen LogP contribution is -2.89. The maximum absolute atomic E-state index is 13.5. The van der Waals surface area contributed by atoms with Crippen molar-refractivity contribution in [3.05, 3.63) is 0 Å². The minimum atomic E-state index is -0.112. The van der Waals surface area contributed by atoms with Gasteiger partial charge in [-0.15, -0.1) is 0 Å². The molecule has 0 saturated carbocycles. The van der Waals surface area contributed by atoms with E-state index in [0.717, 1.165) is 77.2 Å². The minimum Gasteiger partial charge on any atom is -0.464 e. The Morgan fingerprint density at radius 1 is 0.500 bits per heavy atom. The Hall–Kier alpha value is -1.63. The molecule has 0 spiro atoms. The van der Waals surface area contributed by atoms with Crippen LogP contribution in [0.1, 0.15) is 208 Å². The van der Waals surface area contributed by atoms with Gasteiger partial charge in [0.25, 0.3) is 0 Å². The number of hydrogen-bond donors (Lipinski definition) is 1. The van der Waals surface area contributed by atoms with Crippen LogP contribution in [0.25, 0.3) is 0 Å². The Morgan fingerprint density at radius 3 is 1.20 bits per heavy atom. The first-order valence-electron chi connectivity index (χ1n) is 21.8. The van der Waals surface area contributed by atoms with Gasteiger partial charge in [0.15, 0.2) is 0 Å². The molecule has 3 atom stereocenters. The lowest BCUT2D eigenvalue weighted by atomic mass is 9.94. The first-order valence-corrected chi connectivity index (χ1v) is 21.8. The number of esters is 2. The van der Waals surface area contributed by atoms with Gasteiger partial charge >= 0.3 is 11.9 Å². The Bertz CT molecular complexity index is 741. The minimum absolute atomic E-state index is 0.0309. The van der Waals surface area contributed by atoms with Crippen molar-refractivity contribution in [1.29, 1.82) is 0 Å². The molecule has 0 bridgehead atoms. The summed E-state index contributed by atoms with van der Waals surface area (Å²) in [6.45, 7) is 15.1. The molecule has 0 fully saturated rings. The molecule has 7 nitrogen and oxygen atoms in total. The highest BCUT2D eigenvalue weighted by molar-refractivity contribution is 5.77. The van der Waals surface area contributed by atoms with Gasteiger partial charge in [-0.2, -0.15) is 0 Å². The van der Waals surface area contributed by atoms with E-state index >= 15 is 0 Å². The summed E-state index contributed by atoms with van der Waals surface area (Å²) in [6, 6.07) is 0.171. The summed E-state index contributed by atoms with van der Waals surface area (Å²) in [6.07, 6.45) is 28.8. The summed E-state index contributed by atoms with van der Waals surface area (Å²) in [4.78, 5) is 41.8. The Kier molecular flexibility index (Phi) is 34.6. The van der Waals surface area contributed by atoms with E-state index in [1.54, 1.807) is 4.90 Å². The van der Waals surface area contributed by atoms with E-state index in [4.69, 9.17) is 9.47 Å². The molecule has 296 valence electrons. The summed E-state index contributed by atoms with van der Waals surface area (Å²) < 4.78 is 11.7. The van der Waals surface area contributed by atoms with E-state index in [1.807, 2.05) is 0 Å². The average molecular weight is 710 g/mol. The zero-order valence-electron chi connectivity index (χ0n) is 34.2. The van der Waals surface area contributed by atoms with Gasteiger partial charge in [0.1, 0.15) is 13.2 Å². The third-order valence-corrected chi connectivity index (χ3v) is 10.2. The first kappa shape index (κ1) is 48.4. The van der Waals surface area contributed by atoms with Crippen molar-refractivity contribution in [1.82, 2.24) is 4.90 Å². The van der Waals surface area contributed by atoms with E-state index < -0.39 is 0 Å². The van der Waals surface area contributed by atoms with E-state index in [9.17, 15) is 14.4 Å². The van der Waals surface area contributed by atoms with Gasteiger partial charge in [-0.3, -0.25) is 14.4 Å². The predicted octanol–water partition coefficient (Wildman–Crippen LogP) is 10.3. The average Bonchev–Trinajstić information content (AvgIpc) is 3.11. The maximum Gasteiger partial charge on any atom is 0.308 e. The lowest BCUT2D eigenvalue weighted by Gasteiger charge is -2.25. The summed E-state index contributed by atoms with van der Waals surface area (Å²) in [5.41, 5.74) is 0. The van der Waals surface area contributed by atoms with Crippen molar-refractivity contribution in [3.63, 3.8) is 0 Å². The highest BCUT2D eigenvalue weighted by atomic mass is 16.5. The molecule has 50 heavy (non-hydrogen) atoms. The number of unbranched alkanes of at least 4 members (excludes halogenated alkanes) is 16. The fourth-order valence-corrected chi connectivity index (χ4v) is 6.79. The summed E-state index contributed by atoms with van der Waals surface area (Å²) in [5, 5.41) is 2.22. The fraction of sp³-hybridized carbons (Fsp3) is 0.930. The van der Waals surface area contributed by atoms with Crippen molar-refractivity contribution in [3.8, 4) is 0 Å². The van der Waals surface area contributed by atoms with E-state index in [1.165, 1.54) is 89.9 Å². The SMILES string of the molecule is CCCCCCCCC(CCCCCC)C(=O)OCCN(CCOC(=O)C(CCCCCC)CCCCCCCC)C(=O)CC(C)[NH2+]CCC. The lowest BCUT2D eigenvalue weighted by molar-refractivity contribution is -0.685. The molecule has 1 amide bonds. The quantitative estimate of drug-likeness (QED) is 0.0512. The van der Waals surface area contributed by atoms with Crippen molar-refractivity contribution in [2.24, 2.45) is 11.8 Å². The highest BCUT2D eigenvalue weighted by Gasteiger charge is 2.24. The van der Waals surface area contributed by atoms with Gasteiger partial charge in [0.05, 0.1) is 43.9 Å². The summed E-state index contributed by atoms with van der Waals surface area (Å²) in [5.74, 6) is -0.318. The molecule has 0 radical (unpaired) electrons. The second-order valence-corrected chi connectivity index (χ2v) is 15.1. The Balaban J connectivity index is 5.25. The molecule has 0 aliphatic rings. The number of nitrogens with two attached hydrogens (primary N) is 1. The molecular formula is C43H85N2O5+. The van der Waals surface area contributed by atoms with Crippen LogP contribution in [0, 0.1) is 11.8 Å². The Morgan fingerprint density at radius 2 is 0.840 bits per heavy atom. The molecule has 0 heterocycles. The fourth-order valence-electron chi connectivity index (χ4n) is 6.79. The molecule has 0 aromatic rings. The number of nitrogens with zero attached hydrogens (tertiary/aromatic N) is 1. The molecule has 0 saturated heterocycles. The molecular weight excluding hydrogens is 624 g/mol. The Labute approximate surface area is 310 Å². The molecule has 0 aromatic carbocycles. The number of quaternary nitrogens is 1. The molecule has 0 rings (SSSR count). The first-order chi connectivity index (χ1) is 24.3. The normalized spacial score (nSPS) is 13.2. The third-order valence-electron chi connectivity index (χ3n) is 10.2. The van der Waals surface area contributed by atoms with Crippen molar-refractivity contribution in [2.75, 3.05) is 32.8 Å². The van der Waals surface area contributed by atoms with Gasteiger partial charge < -0.3 is 19.7 Å². The number of amides is 1. The van der Waals surface area contributed by atoms with Gasteiger partial charge in [-0.25, -0.2) is 0 Å². The van der Waals surface area contributed by atoms with Gasteiger partial charge in [-0.1, -0.05) is 163 Å². The standard InChI is InChI=1S/C43H84N2O5/c1-7-12-16-20-22-26-30-39(28-24-18-14-9-3)42(47)49-35-33-45(41(46)37-38(6)44-32-11-5)34-36-50-43(48)40(29-25-19-15-10-4)31-27-23-21-17-13-8-2/h38-40,44H,7-37H2,1-6H3/p+1. The van der Waals surface area contributed by atoms with Crippen LogP contribution in [0.4, 0.5) is 0 Å². The summed E-state index contributed by atoms with van der Waals surface area (Å²) >= 11 is 0. The number of rotatable bonds is 37. The van der Waals surface area contributed by atoms with Crippen molar-refractivity contribution in [2.45, 2.75) is 215 Å². The zero-order chi connectivity index (χ0) is 37.1. The third kappa shape index (κ3) is 28.0. The van der Waals surface area contributed by atoms with Crippen LogP contribution in [0.15, 0.2) is 0 Å². The van der Waals surface area contributed by atoms with Crippen LogP contribution in [-0.4, -0.2) is 61.6 Å². The van der Waals surface area contributed by atoms with Crippen LogP contribution < -0.4 is 5.32 Å².